The van der Waals surface area contributed by atoms with Crippen molar-refractivity contribution in [3.63, 3.8) is 0 Å². The standard InChI is InChI=1S/C24H20ClN3O2S2/c1-15-17(25)9-7-12-20(15)28-23(30)16-8-3-4-10-18(16)27-24(28)32-14-22(29)26-19-11-5-6-13-21(19)31-2/h3-13H,14H2,1-2H3,(H,26,29). The SMILES string of the molecule is CSc1ccccc1NC(=O)CSc1nc2ccccc2c(=O)n1-c1cccc(Cl)c1C. The number of amides is 1. The van der Waals surface area contributed by atoms with Gasteiger partial charge in [0, 0.05) is 9.92 Å². The predicted molar refractivity (Wildman–Crippen MR) is 135 cm³/mol. The third kappa shape index (κ3) is 4.55. The van der Waals surface area contributed by atoms with Gasteiger partial charge in [0.15, 0.2) is 5.16 Å². The van der Waals surface area contributed by atoms with E-state index in [2.05, 4.69) is 5.32 Å². The van der Waals surface area contributed by atoms with Crippen molar-refractivity contribution >= 4 is 57.6 Å². The molecule has 0 spiro atoms. The number of hydrogen-bond acceptors (Lipinski definition) is 5. The Morgan fingerprint density at radius 1 is 1.06 bits per heavy atom. The van der Waals surface area contributed by atoms with E-state index in [1.807, 2.05) is 55.6 Å². The van der Waals surface area contributed by atoms with Crippen molar-refractivity contribution in [1.82, 2.24) is 9.55 Å². The summed E-state index contributed by atoms with van der Waals surface area (Å²) in [6, 6.07) is 20.2. The molecular weight excluding hydrogens is 462 g/mol. The number of halogens is 1. The first-order chi connectivity index (χ1) is 15.5. The van der Waals surface area contributed by atoms with E-state index in [0.717, 1.165) is 16.1 Å². The number of rotatable bonds is 6. The highest BCUT2D eigenvalue weighted by Crippen LogP contribution is 2.28. The van der Waals surface area contributed by atoms with Gasteiger partial charge in [0.05, 0.1) is 28.0 Å². The molecule has 0 radical (unpaired) electrons. The monoisotopic (exact) mass is 481 g/mol. The highest BCUT2D eigenvalue weighted by Gasteiger charge is 2.17. The molecule has 1 amide bonds. The first-order valence-corrected chi connectivity index (χ1v) is 12.4. The van der Waals surface area contributed by atoms with E-state index < -0.39 is 0 Å². The molecule has 5 nitrogen and oxygen atoms in total. The third-order valence-corrected chi connectivity index (χ3v) is 7.08. The van der Waals surface area contributed by atoms with Crippen molar-refractivity contribution < 1.29 is 4.79 Å². The summed E-state index contributed by atoms with van der Waals surface area (Å²) in [6.45, 7) is 1.86. The van der Waals surface area contributed by atoms with E-state index in [-0.39, 0.29) is 17.2 Å². The lowest BCUT2D eigenvalue weighted by Crippen LogP contribution is -2.23. The van der Waals surface area contributed by atoms with Gasteiger partial charge >= 0.3 is 0 Å². The largest absolute Gasteiger partial charge is 0.324 e. The van der Waals surface area contributed by atoms with Crippen molar-refractivity contribution in [2.75, 3.05) is 17.3 Å². The van der Waals surface area contributed by atoms with Crippen LogP contribution < -0.4 is 10.9 Å². The number of nitrogens with one attached hydrogen (secondary N) is 1. The fourth-order valence-electron chi connectivity index (χ4n) is 3.32. The van der Waals surface area contributed by atoms with Crippen LogP contribution in [0.5, 0.6) is 0 Å². The van der Waals surface area contributed by atoms with E-state index in [1.165, 1.54) is 16.3 Å². The molecule has 4 rings (SSSR count). The first-order valence-electron chi connectivity index (χ1n) is 9.82. The third-order valence-electron chi connectivity index (χ3n) is 4.94. The molecule has 0 bridgehead atoms. The molecule has 32 heavy (non-hydrogen) atoms. The molecule has 4 aromatic rings. The van der Waals surface area contributed by atoms with Gasteiger partial charge < -0.3 is 5.32 Å². The minimum atomic E-state index is -0.198. The van der Waals surface area contributed by atoms with Gasteiger partial charge in [-0.25, -0.2) is 4.98 Å². The fourth-order valence-corrected chi connectivity index (χ4v) is 4.85. The summed E-state index contributed by atoms with van der Waals surface area (Å²) in [5.41, 5.74) is 2.57. The van der Waals surface area contributed by atoms with Crippen molar-refractivity contribution in [3.8, 4) is 5.69 Å². The molecule has 0 aliphatic carbocycles. The zero-order chi connectivity index (χ0) is 22.7. The number of fused-ring (bicyclic) bond motifs is 1. The lowest BCUT2D eigenvalue weighted by molar-refractivity contribution is -0.113. The Labute approximate surface area is 199 Å². The number of aromatic nitrogens is 2. The van der Waals surface area contributed by atoms with Crippen LogP contribution in [0.25, 0.3) is 16.6 Å². The summed E-state index contributed by atoms with van der Waals surface area (Å²) in [5.74, 6) is -0.0686. The molecule has 3 aromatic carbocycles. The Kier molecular flexibility index (Phi) is 6.89. The van der Waals surface area contributed by atoms with Crippen molar-refractivity contribution in [2.24, 2.45) is 0 Å². The minimum absolute atomic E-state index is 0.104. The minimum Gasteiger partial charge on any atom is -0.324 e. The van der Waals surface area contributed by atoms with Crippen molar-refractivity contribution in [1.29, 1.82) is 0 Å². The number of para-hydroxylation sites is 2. The van der Waals surface area contributed by atoms with Gasteiger partial charge in [0.25, 0.3) is 5.56 Å². The number of carbonyl (C=O) groups excluding carboxylic acids is 1. The Morgan fingerprint density at radius 2 is 1.81 bits per heavy atom. The fraction of sp³-hybridized carbons (Fsp3) is 0.125. The first kappa shape index (κ1) is 22.5. The molecule has 1 N–H and O–H groups in total. The predicted octanol–water partition coefficient (Wildman–Crippen LogP) is 5.80. The molecule has 0 atom stereocenters. The summed E-state index contributed by atoms with van der Waals surface area (Å²) in [4.78, 5) is 31.8. The maximum Gasteiger partial charge on any atom is 0.266 e. The van der Waals surface area contributed by atoms with Gasteiger partial charge in [-0.1, -0.05) is 53.7 Å². The van der Waals surface area contributed by atoms with Gasteiger partial charge in [-0.05, 0) is 55.1 Å². The van der Waals surface area contributed by atoms with Crippen molar-refractivity contribution in [3.05, 3.63) is 87.7 Å². The quantitative estimate of drug-likeness (QED) is 0.278. The van der Waals surface area contributed by atoms with E-state index in [0.29, 0.717) is 26.8 Å². The second-order valence-corrected chi connectivity index (χ2v) is 9.17. The average molecular weight is 482 g/mol. The topological polar surface area (TPSA) is 64.0 Å². The molecule has 0 aliphatic rings. The Balaban J connectivity index is 1.71. The van der Waals surface area contributed by atoms with Crippen LogP contribution in [0, 0.1) is 6.92 Å². The summed E-state index contributed by atoms with van der Waals surface area (Å²) >= 11 is 9.11. The zero-order valence-electron chi connectivity index (χ0n) is 17.5. The highest BCUT2D eigenvalue weighted by atomic mass is 35.5. The maximum atomic E-state index is 13.4. The van der Waals surface area contributed by atoms with E-state index in [4.69, 9.17) is 16.6 Å². The number of carbonyl (C=O) groups is 1. The molecular formula is C24H20ClN3O2S2. The lowest BCUT2D eigenvalue weighted by Gasteiger charge is -2.16. The molecule has 1 aromatic heterocycles. The number of hydrogen-bond donors (Lipinski definition) is 1. The molecule has 0 saturated heterocycles. The normalized spacial score (nSPS) is 11.0. The summed E-state index contributed by atoms with van der Waals surface area (Å²) in [5, 5.41) is 4.45. The second kappa shape index (κ2) is 9.81. The van der Waals surface area contributed by atoms with Crippen molar-refractivity contribution in [2.45, 2.75) is 17.0 Å². The summed E-state index contributed by atoms with van der Waals surface area (Å²) in [6.07, 6.45) is 1.96. The molecule has 0 unspecified atom stereocenters. The Hall–Kier alpha value is -2.74. The second-order valence-electron chi connectivity index (χ2n) is 6.97. The summed E-state index contributed by atoms with van der Waals surface area (Å²) < 4.78 is 1.54. The average Bonchev–Trinajstić information content (AvgIpc) is 2.80. The van der Waals surface area contributed by atoms with Crippen LogP contribution in [0.2, 0.25) is 5.02 Å². The van der Waals surface area contributed by atoms with Crippen LogP contribution >= 0.6 is 35.1 Å². The van der Waals surface area contributed by atoms with Gasteiger partial charge in [-0.3, -0.25) is 14.2 Å². The molecule has 1 heterocycles. The Morgan fingerprint density at radius 3 is 2.62 bits per heavy atom. The molecule has 0 saturated carbocycles. The van der Waals surface area contributed by atoms with E-state index in [1.54, 1.807) is 36.0 Å². The van der Waals surface area contributed by atoms with Gasteiger partial charge in [-0.15, -0.1) is 11.8 Å². The van der Waals surface area contributed by atoms with E-state index >= 15 is 0 Å². The van der Waals surface area contributed by atoms with Crippen LogP contribution in [0.1, 0.15) is 5.56 Å². The Bertz CT molecular complexity index is 1370. The van der Waals surface area contributed by atoms with Gasteiger partial charge in [0.1, 0.15) is 0 Å². The van der Waals surface area contributed by atoms with Gasteiger partial charge in [-0.2, -0.15) is 0 Å². The summed E-state index contributed by atoms with van der Waals surface area (Å²) in [7, 11) is 0. The number of nitrogens with zero attached hydrogens (tertiary/aromatic N) is 2. The highest BCUT2D eigenvalue weighted by molar-refractivity contribution is 7.99. The number of anilines is 1. The molecule has 162 valence electrons. The molecule has 0 aliphatic heterocycles. The van der Waals surface area contributed by atoms with Crippen LogP contribution in [-0.4, -0.2) is 27.5 Å². The lowest BCUT2D eigenvalue weighted by atomic mass is 10.2. The van der Waals surface area contributed by atoms with Crippen LogP contribution in [-0.2, 0) is 4.79 Å². The van der Waals surface area contributed by atoms with Gasteiger partial charge in [0.2, 0.25) is 5.91 Å². The van der Waals surface area contributed by atoms with Crippen LogP contribution in [0.3, 0.4) is 0 Å². The smallest absolute Gasteiger partial charge is 0.266 e. The van der Waals surface area contributed by atoms with Crippen LogP contribution in [0.15, 0.2) is 81.6 Å². The molecule has 8 heteroatoms. The number of thioether (sulfide) groups is 2. The molecule has 0 fully saturated rings. The zero-order valence-corrected chi connectivity index (χ0v) is 19.9. The number of benzene rings is 3. The van der Waals surface area contributed by atoms with Crippen LogP contribution in [0.4, 0.5) is 5.69 Å². The maximum absolute atomic E-state index is 13.4. The van der Waals surface area contributed by atoms with E-state index in [9.17, 15) is 9.59 Å².